The zero-order valence-electron chi connectivity index (χ0n) is 9.30. The summed E-state index contributed by atoms with van der Waals surface area (Å²) in [6, 6.07) is 0. The van der Waals surface area contributed by atoms with E-state index in [2.05, 4.69) is 6.92 Å². The third-order valence-electron chi connectivity index (χ3n) is 2.09. The topological polar surface area (TPSA) is 26.3 Å². The first kappa shape index (κ1) is 12.6. The molecule has 0 heterocycles. The van der Waals surface area contributed by atoms with Gasteiger partial charge in [-0.25, -0.2) is 0 Å². The first-order valence-electron chi connectivity index (χ1n) is 5.25. The van der Waals surface area contributed by atoms with Crippen LogP contribution in [0.5, 0.6) is 0 Å². The number of hydrogen-bond donors (Lipinski definition) is 0. The molecule has 2 heteroatoms. The van der Waals surface area contributed by atoms with Gasteiger partial charge in [0.15, 0.2) is 5.78 Å². The number of Topliss-reactive ketones (excluding diaryl/α,β-unsaturated/α-hetero) is 1. The first-order valence-corrected chi connectivity index (χ1v) is 5.25. The van der Waals surface area contributed by atoms with Crippen LogP contribution in [0.25, 0.3) is 0 Å². The normalized spacial score (nSPS) is 13.3. The molecule has 0 rings (SSSR count). The Balaban J connectivity index is 3.50. The van der Waals surface area contributed by atoms with Crippen LogP contribution >= 0.6 is 0 Å². The number of carbonyl (C=O) groups excluding carboxylic acids is 1. The lowest BCUT2D eigenvalue weighted by molar-refractivity contribution is -0.132. The number of ketones is 1. The van der Waals surface area contributed by atoms with Crippen LogP contribution in [-0.2, 0) is 9.53 Å². The van der Waals surface area contributed by atoms with Gasteiger partial charge in [-0.2, -0.15) is 0 Å². The van der Waals surface area contributed by atoms with E-state index in [1.54, 1.807) is 0 Å². The van der Waals surface area contributed by atoms with Gasteiger partial charge >= 0.3 is 0 Å². The van der Waals surface area contributed by atoms with Crippen molar-refractivity contribution in [1.29, 1.82) is 0 Å². The Labute approximate surface area is 81.7 Å². The molecule has 13 heavy (non-hydrogen) atoms. The molecule has 0 aromatic heterocycles. The molecule has 2 nitrogen and oxygen atoms in total. The van der Waals surface area contributed by atoms with Gasteiger partial charge in [-0.05, 0) is 13.3 Å². The monoisotopic (exact) mass is 186 g/mol. The van der Waals surface area contributed by atoms with Crippen molar-refractivity contribution in [2.75, 3.05) is 6.61 Å². The summed E-state index contributed by atoms with van der Waals surface area (Å²) < 4.78 is 5.42. The maximum absolute atomic E-state index is 11.4. The van der Waals surface area contributed by atoms with E-state index in [0.29, 0.717) is 6.61 Å². The molecule has 0 fully saturated rings. The fourth-order valence-electron chi connectivity index (χ4n) is 1.16. The Morgan fingerprint density at radius 3 is 2.31 bits per heavy atom. The van der Waals surface area contributed by atoms with Crippen molar-refractivity contribution in [2.24, 2.45) is 5.92 Å². The fraction of sp³-hybridized carbons (Fsp3) is 0.909. The van der Waals surface area contributed by atoms with Crippen LogP contribution in [-0.4, -0.2) is 18.5 Å². The van der Waals surface area contributed by atoms with Crippen molar-refractivity contribution in [1.82, 2.24) is 0 Å². The maximum Gasteiger partial charge on any atom is 0.163 e. The lowest BCUT2D eigenvalue weighted by Crippen LogP contribution is -2.25. The standard InChI is InChI=1S/C11H22O2/c1-5-6-7-8-13-10(4)11(12)9(2)3/h9-10H,5-8H2,1-4H3/t10-/m0/s1. The van der Waals surface area contributed by atoms with Crippen LogP contribution in [0.15, 0.2) is 0 Å². The molecule has 0 unspecified atom stereocenters. The van der Waals surface area contributed by atoms with Crippen molar-refractivity contribution >= 4 is 5.78 Å². The minimum atomic E-state index is -0.225. The summed E-state index contributed by atoms with van der Waals surface area (Å²) >= 11 is 0. The molecule has 0 aliphatic heterocycles. The van der Waals surface area contributed by atoms with Crippen LogP contribution in [0, 0.1) is 5.92 Å². The minimum Gasteiger partial charge on any atom is -0.371 e. The predicted molar refractivity (Wildman–Crippen MR) is 54.8 cm³/mol. The van der Waals surface area contributed by atoms with Gasteiger partial charge in [0.2, 0.25) is 0 Å². The van der Waals surface area contributed by atoms with Crippen molar-refractivity contribution in [2.45, 2.75) is 53.1 Å². The van der Waals surface area contributed by atoms with Gasteiger partial charge in [0.05, 0.1) is 0 Å². The average molecular weight is 186 g/mol. The molecule has 0 aromatic carbocycles. The third-order valence-corrected chi connectivity index (χ3v) is 2.09. The molecule has 0 radical (unpaired) electrons. The van der Waals surface area contributed by atoms with E-state index in [1.807, 2.05) is 20.8 Å². The summed E-state index contributed by atoms with van der Waals surface area (Å²) in [5, 5.41) is 0. The second-order valence-corrected chi connectivity index (χ2v) is 3.78. The highest BCUT2D eigenvalue weighted by atomic mass is 16.5. The Morgan fingerprint density at radius 1 is 1.23 bits per heavy atom. The smallest absolute Gasteiger partial charge is 0.163 e. The van der Waals surface area contributed by atoms with Crippen molar-refractivity contribution < 1.29 is 9.53 Å². The van der Waals surface area contributed by atoms with E-state index in [9.17, 15) is 4.79 Å². The van der Waals surface area contributed by atoms with E-state index in [-0.39, 0.29) is 17.8 Å². The lowest BCUT2D eigenvalue weighted by atomic mass is 10.1. The van der Waals surface area contributed by atoms with Crippen molar-refractivity contribution in [3.8, 4) is 0 Å². The quantitative estimate of drug-likeness (QED) is 0.571. The highest BCUT2D eigenvalue weighted by Gasteiger charge is 2.16. The van der Waals surface area contributed by atoms with Gasteiger partial charge in [0.1, 0.15) is 6.10 Å². The van der Waals surface area contributed by atoms with Crippen LogP contribution in [0.2, 0.25) is 0 Å². The van der Waals surface area contributed by atoms with Crippen LogP contribution in [0.3, 0.4) is 0 Å². The molecule has 0 saturated carbocycles. The van der Waals surface area contributed by atoms with Gasteiger partial charge in [0, 0.05) is 12.5 Å². The van der Waals surface area contributed by atoms with Crippen LogP contribution in [0.4, 0.5) is 0 Å². The summed E-state index contributed by atoms with van der Waals surface area (Å²) in [5.74, 6) is 0.290. The summed E-state index contributed by atoms with van der Waals surface area (Å²) in [6.07, 6.45) is 3.21. The number of hydrogen-bond acceptors (Lipinski definition) is 2. The molecule has 0 N–H and O–H groups in total. The Morgan fingerprint density at radius 2 is 1.85 bits per heavy atom. The van der Waals surface area contributed by atoms with Crippen LogP contribution in [0.1, 0.15) is 47.0 Å². The van der Waals surface area contributed by atoms with E-state index < -0.39 is 0 Å². The van der Waals surface area contributed by atoms with E-state index in [0.717, 1.165) is 6.42 Å². The van der Waals surface area contributed by atoms with Crippen molar-refractivity contribution in [3.05, 3.63) is 0 Å². The van der Waals surface area contributed by atoms with Gasteiger partial charge < -0.3 is 4.74 Å². The van der Waals surface area contributed by atoms with E-state index in [1.165, 1.54) is 12.8 Å². The highest BCUT2D eigenvalue weighted by molar-refractivity contribution is 5.84. The molecule has 0 aromatic rings. The average Bonchev–Trinajstić information content (AvgIpc) is 2.10. The van der Waals surface area contributed by atoms with Gasteiger partial charge in [0.25, 0.3) is 0 Å². The second-order valence-electron chi connectivity index (χ2n) is 3.78. The molecule has 0 spiro atoms. The Bertz CT molecular complexity index is 141. The number of ether oxygens (including phenoxy) is 1. The summed E-state index contributed by atoms with van der Waals surface area (Å²) in [7, 11) is 0. The molecule has 0 aliphatic carbocycles. The van der Waals surface area contributed by atoms with E-state index >= 15 is 0 Å². The van der Waals surface area contributed by atoms with Crippen LogP contribution < -0.4 is 0 Å². The summed E-state index contributed by atoms with van der Waals surface area (Å²) in [6.45, 7) is 8.53. The van der Waals surface area contributed by atoms with E-state index in [4.69, 9.17) is 4.74 Å². The molecular formula is C11H22O2. The number of carbonyl (C=O) groups is 1. The zero-order valence-corrected chi connectivity index (χ0v) is 9.30. The number of rotatable bonds is 7. The third kappa shape index (κ3) is 5.81. The second kappa shape index (κ2) is 7.07. The Kier molecular flexibility index (Phi) is 6.87. The fourth-order valence-corrected chi connectivity index (χ4v) is 1.16. The van der Waals surface area contributed by atoms with Gasteiger partial charge in [-0.15, -0.1) is 0 Å². The Hall–Kier alpha value is -0.370. The molecule has 0 bridgehead atoms. The zero-order chi connectivity index (χ0) is 10.3. The minimum absolute atomic E-state index is 0.0844. The SMILES string of the molecule is CCCCCO[C@@H](C)C(=O)C(C)C. The van der Waals surface area contributed by atoms with Gasteiger partial charge in [-0.3, -0.25) is 4.79 Å². The molecule has 78 valence electrons. The maximum atomic E-state index is 11.4. The molecule has 0 aliphatic rings. The molecule has 0 saturated heterocycles. The van der Waals surface area contributed by atoms with Gasteiger partial charge in [-0.1, -0.05) is 33.6 Å². The van der Waals surface area contributed by atoms with Crippen molar-refractivity contribution in [3.63, 3.8) is 0 Å². The highest BCUT2D eigenvalue weighted by Crippen LogP contribution is 2.04. The largest absolute Gasteiger partial charge is 0.371 e. The summed E-state index contributed by atoms with van der Waals surface area (Å²) in [4.78, 5) is 11.4. The summed E-state index contributed by atoms with van der Waals surface area (Å²) in [5.41, 5.74) is 0. The molecule has 0 amide bonds. The predicted octanol–water partition coefficient (Wildman–Crippen LogP) is 2.81. The first-order chi connectivity index (χ1) is 6.09. The lowest BCUT2D eigenvalue weighted by Gasteiger charge is -2.13. The number of unbranched alkanes of at least 4 members (excludes halogenated alkanes) is 2. The molecule has 1 atom stereocenters. The molecular weight excluding hydrogens is 164 g/mol.